The Morgan fingerprint density at radius 3 is 2.18 bits per heavy atom. The second kappa shape index (κ2) is 5.81. The summed E-state index contributed by atoms with van der Waals surface area (Å²) in [5, 5.41) is 0. The van der Waals surface area contributed by atoms with Crippen LogP contribution < -0.4 is 0 Å². The van der Waals surface area contributed by atoms with Crippen molar-refractivity contribution in [1.29, 1.82) is 0 Å². The molecule has 0 heterocycles. The molecule has 0 radical (unpaired) electrons. The summed E-state index contributed by atoms with van der Waals surface area (Å²) in [6.07, 6.45) is 2.36. The van der Waals surface area contributed by atoms with E-state index in [1.807, 2.05) is 0 Å². The van der Waals surface area contributed by atoms with Crippen LogP contribution in [0.4, 0.5) is 0 Å². The van der Waals surface area contributed by atoms with Gasteiger partial charge in [-0.2, -0.15) is 0 Å². The second-order valence-corrected chi connectivity index (χ2v) is 4.07. The van der Waals surface area contributed by atoms with Gasteiger partial charge in [-0.1, -0.05) is 40.3 Å². The predicted molar refractivity (Wildman–Crippen MR) is 61.2 cm³/mol. The molecular weight excluding hydrogens is 247 g/mol. The summed E-state index contributed by atoms with van der Waals surface area (Å²) in [6, 6.07) is 0. The highest BCUT2D eigenvalue weighted by Gasteiger charge is 2.06. The average Bonchev–Trinajstić information content (AvgIpc) is 1.87. The largest absolute Gasteiger partial charge is 0.100 e. The van der Waals surface area contributed by atoms with Crippen molar-refractivity contribution in [3.63, 3.8) is 0 Å². The zero-order chi connectivity index (χ0) is 8.85. The van der Waals surface area contributed by atoms with Crippen LogP contribution in [0.25, 0.3) is 0 Å². The minimum Gasteiger partial charge on any atom is -0.100 e. The first-order valence-corrected chi connectivity index (χ1v) is 5.46. The molecular formula is C10H17I. The Morgan fingerprint density at radius 2 is 1.91 bits per heavy atom. The molecule has 64 valence electrons. The van der Waals surface area contributed by atoms with E-state index in [2.05, 4.69) is 49.6 Å². The third kappa shape index (κ3) is 5.48. The van der Waals surface area contributed by atoms with Gasteiger partial charge in [-0.15, -0.1) is 6.58 Å². The molecule has 0 saturated carbocycles. The fourth-order valence-electron chi connectivity index (χ4n) is 0.876. The Hall–Kier alpha value is 0.210. The van der Waals surface area contributed by atoms with Crippen molar-refractivity contribution in [2.24, 2.45) is 5.92 Å². The molecule has 0 aliphatic carbocycles. The summed E-state index contributed by atoms with van der Waals surface area (Å²) in [5.74, 6) is 0.687. The molecule has 0 N–H and O–H groups in total. The van der Waals surface area contributed by atoms with Crippen molar-refractivity contribution in [3.8, 4) is 0 Å². The van der Waals surface area contributed by atoms with Crippen LogP contribution in [-0.2, 0) is 0 Å². The van der Waals surface area contributed by atoms with E-state index in [-0.39, 0.29) is 0 Å². The minimum atomic E-state index is 0.687. The van der Waals surface area contributed by atoms with E-state index in [1.54, 1.807) is 0 Å². The normalized spacial score (nSPS) is 12.6. The lowest BCUT2D eigenvalue weighted by molar-refractivity contribution is 0.630. The molecule has 0 bridgehead atoms. The van der Waals surface area contributed by atoms with Crippen molar-refractivity contribution in [2.45, 2.75) is 26.7 Å². The van der Waals surface area contributed by atoms with Crippen molar-refractivity contribution >= 4 is 22.6 Å². The summed E-state index contributed by atoms with van der Waals surface area (Å²) in [4.78, 5) is 0. The molecule has 0 spiro atoms. The van der Waals surface area contributed by atoms with E-state index in [0.29, 0.717) is 5.92 Å². The van der Waals surface area contributed by atoms with E-state index < -0.39 is 0 Å². The molecule has 0 unspecified atom stereocenters. The molecule has 0 nitrogen and oxygen atoms in total. The van der Waals surface area contributed by atoms with Gasteiger partial charge < -0.3 is 0 Å². The minimum absolute atomic E-state index is 0.687. The molecule has 1 heteroatoms. The zero-order valence-corrected chi connectivity index (χ0v) is 9.65. The van der Waals surface area contributed by atoms with Crippen LogP contribution in [0.15, 0.2) is 24.3 Å². The first-order valence-electron chi connectivity index (χ1n) is 3.93. The Balaban J connectivity index is 3.70. The molecule has 0 aliphatic rings. The SMILES string of the molecule is C=C(C)CC[C@@H](CI)C(=C)C. The lowest BCUT2D eigenvalue weighted by atomic mass is 9.97. The van der Waals surface area contributed by atoms with Crippen LogP contribution in [0.5, 0.6) is 0 Å². The smallest absolute Gasteiger partial charge is 0.00609 e. The first kappa shape index (κ1) is 11.2. The van der Waals surface area contributed by atoms with Crippen LogP contribution in [0.1, 0.15) is 26.7 Å². The maximum atomic E-state index is 3.97. The number of alkyl halides is 1. The van der Waals surface area contributed by atoms with Gasteiger partial charge in [0.05, 0.1) is 0 Å². The number of hydrogen-bond donors (Lipinski definition) is 0. The Morgan fingerprint density at radius 1 is 1.36 bits per heavy atom. The van der Waals surface area contributed by atoms with Gasteiger partial charge in [0.15, 0.2) is 0 Å². The number of rotatable bonds is 5. The quantitative estimate of drug-likeness (QED) is 0.400. The molecule has 0 amide bonds. The van der Waals surface area contributed by atoms with Gasteiger partial charge in [0.25, 0.3) is 0 Å². The molecule has 0 rings (SSSR count). The van der Waals surface area contributed by atoms with Gasteiger partial charge in [0, 0.05) is 4.43 Å². The van der Waals surface area contributed by atoms with Gasteiger partial charge >= 0.3 is 0 Å². The topological polar surface area (TPSA) is 0 Å². The predicted octanol–water partition coefficient (Wildman–Crippen LogP) is 3.97. The van der Waals surface area contributed by atoms with Gasteiger partial charge in [-0.25, -0.2) is 0 Å². The highest BCUT2D eigenvalue weighted by Crippen LogP contribution is 2.19. The molecule has 1 atom stereocenters. The van der Waals surface area contributed by atoms with E-state index in [4.69, 9.17) is 0 Å². The van der Waals surface area contributed by atoms with Crippen LogP contribution in [-0.4, -0.2) is 4.43 Å². The highest BCUT2D eigenvalue weighted by molar-refractivity contribution is 14.1. The maximum Gasteiger partial charge on any atom is 0.00609 e. The van der Waals surface area contributed by atoms with E-state index in [1.165, 1.54) is 22.0 Å². The molecule has 0 fully saturated rings. The molecule has 0 aromatic rings. The fourth-order valence-corrected chi connectivity index (χ4v) is 2.07. The lowest BCUT2D eigenvalue weighted by Crippen LogP contribution is -2.02. The zero-order valence-electron chi connectivity index (χ0n) is 7.49. The standard InChI is InChI=1S/C10H17I/c1-8(2)5-6-10(7-11)9(3)4/h10H,1,3,5-7H2,2,4H3/t10-/m0/s1. The third-order valence-electron chi connectivity index (χ3n) is 1.80. The molecule has 0 aromatic heterocycles. The van der Waals surface area contributed by atoms with Crippen LogP contribution in [0, 0.1) is 5.92 Å². The monoisotopic (exact) mass is 264 g/mol. The molecule has 0 saturated heterocycles. The molecule has 0 aromatic carbocycles. The Labute approximate surface area is 83.9 Å². The summed E-state index contributed by atoms with van der Waals surface area (Å²) in [7, 11) is 0. The summed E-state index contributed by atoms with van der Waals surface area (Å²) in [6.45, 7) is 12.1. The van der Waals surface area contributed by atoms with E-state index >= 15 is 0 Å². The van der Waals surface area contributed by atoms with Crippen molar-refractivity contribution in [1.82, 2.24) is 0 Å². The molecule has 0 aliphatic heterocycles. The van der Waals surface area contributed by atoms with Crippen molar-refractivity contribution in [2.75, 3.05) is 4.43 Å². The maximum absolute atomic E-state index is 3.97. The summed E-state index contributed by atoms with van der Waals surface area (Å²) in [5.41, 5.74) is 2.58. The Kier molecular flexibility index (Phi) is 5.92. The van der Waals surface area contributed by atoms with Gasteiger partial charge in [0.1, 0.15) is 0 Å². The summed E-state index contributed by atoms with van der Waals surface area (Å²) >= 11 is 2.42. The number of allylic oxidation sites excluding steroid dienone is 2. The van der Waals surface area contributed by atoms with E-state index in [9.17, 15) is 0 Å². The van der Waals surface area contributed by atoms with Gasteiger partial charge in [-0.3, -0.25) is 0 Å². The Bertz CT molecular complexity index is 147. The third-order valence-corrected chi connectivity index (χ3v) is 2.87. The second-order valence-electron chi connectivity index (χ2n) is 3.19. The van der Waals surface area contributed by atoms with Gasteiger partial charge in [0.2, 0.25) is 0 Å². The van der Waals surface area contributed by atoms with Crippen molar-refractivity contribution < 1.29 is 0 Å². The van der Waals surface area contributed by atoms with E-state index in [0.717, 1.165) is 6.42 Å². The number of halogens is 1. The highest BCUT2D eigenvalue weighted by atomic mass is 127. The van der Waals surface area contributed by atoms with Gasteiger partial charge in [-0.05, 0) is 32.6 Å². The molecule has 11 heavy (non-hydrogen) atoms. The van der Waals surface area contributed by atoms with Crippen LogP contribution >= 0.6 is 22.6 Å². The summed E-state index contributed by atoms with van der Waals surface area (Å²) < 4.78 is 1.18. The average molecular weight is 264 g/mol. The lowest BCUT2D eigenvalue weighted by Gasteiger charge is -2.12. The van der Waals surface area contributed by atoms with Crippen LogP contribution in [0.2, 0.25) is 0 Å². The number of hydrogen-bond acceptors (Lipinski definition) is 0. The first-order chi connectivity index (χ1) is 5.07. The van der Waals surface area contributed by atoms with Crippen LogP contribution in [0.3, 0.4) is 0 Å². The van der Waals surface area contributed by atoms with Crippen molar-refractivity contribution in [3.05, 3.63) is 24.3 Å². The fraction of sp³-hybridized carbons (Fsp3) is 0.600.